The first kappa shape index (κ1) is 11.6. The van der Waals surface area contributed by atoms with E-state index in [2.05, 4.69) is 10.1 Å². The van der Waals surface area contributed by atoms with Crippen molar-refractivity contribution in [2.45, 2.75) is 19.6 Å². The van der Waals surface area contributed by atoms with E-state index in [-0.39, 0.29) is 0 Å². The van der Waals surface area contributed by atoms with Crippen molar-refractivity contribution in [1.82, 2.24) is 14.8 Å². The van der Waals surface area contributed by atoms with E-state index < -0.39 is 6.10 Å². The smallest absolute Gasteiger partial charge is 0.164 e. The fourth-order valence-corrected chi connectivity index (χ4v) is 1.44. The summed E-state index contributed by atoms with van der Waals surface area (Å²) in [7, 11) is 1.82. The van der Waals surface area contributed by atoms with Crippen LogP contribution < -0.4 is 4.74 Å². The van der Waals surface area contributed by atoms with Crippen molar-refractivity contribution in [2.24, 2.45) is 7.05 Å². The molecule has 0 amide bonds. The summed E-state index contributed by atoms with van der Waals surface area (Å²) in [4.78, 5) is 4.06. The number of rotatable bonds is 4. The largest absolute Gasteiger partial charge is 0.486 e. The van der Waals surface area contributed by atoms with Crippen molar-refractivity contribution in [1.29, 1.82) is 0 Å². The molecule has 0 aliphatic rings. The number of hydrogen-bond donors (Lipinski definition) is 1. The molecule has 0 bridgehead atoms. The van der Waals surface area contributed by atoms with Gasteiger partial charge in [-0.25, -0.2) is 4.98 Å². The molecule has 1 aromatic carbocycles. The minimum absolute atomic E-state index is 0.379. The van der Waals surface area contributed by atoms with E-state index in [9.17, 15) is 5.11 Å². The molecule has 5 nitrogen and oxygen atoms in total. The summed E-state index contributed by atoms with van der Waals surface area (Å²) in [5.41, 5.74) is 0.871. The second kappa shape index (κ2) is 4.97. The highest BCUT2D eigenvalue weighted by Gasteiger charge is 2.03. The average molecular weight is 233 g/mol. The Hall–Kier alpha value is -1.88. The number of ether oxygens (including phenoxy) is 1. The van der Waals surface area contributed by atoms with Crippen molar-refractivity contribution in [3.8, 4) is 5.75 Å². The molecule has 90 valence electrons. The molecule has 0 fully saturated rings. The highest BCUT2D eigenvalue weighted by Crippen LogP contribution is 2.17. The predicted molar refractivity (Wildman–Crippen MR) is 62.4 cm³/mol. The number of hydrogen-bond acceptors (Lipinski definition) is 4. The summed E-state index contributed by atoms with van der Waals surface area (Å²) in [5.74, 6) is 1.52. The van der Waals surface area contributed by atoms with Gasteiger partial charge < -0.3 is 9.84 Å². The van der Waals surface area contributed by atoms with Gasteiger partial charge in [0.1, 0.15) is 18.7 Å². The molecular formula is C12H15N3O2. The zero-order valence-corrected chi connectivity index (χ0v) is 9.87. The van der Waals surface area contributed by atoms with Gasteiger partial charge in [0, 0.05) is 7.05 Å². The van der Waals surface area contributed by atoms with Crippen molar-refractivity contribution in [3.63, 3.8) is 0 Å². The molecule has 17 heavy (non-hydrogen) atoms. The lowest BCUT2D eigenvalue weighted by Crippen LogP contribution is -2.04. The molecule has 1 heterocycles. The monoisotopic (exact) mass is 233 g/mol. The van der Waals surface area contributed by atoms with Gasteiger partial charge in [0.15, 0.2) is 5.82 Å². The van der Waals surface area contributed by atoms with Crippen molar-refractivity contribution in [3.05, 3.63) is 42.0 Å². The second-order valence-corrected chi connectivity index (χ2v) is 3.83. The standard InChI is InChI=1S/C12H15N3O2/c1-9(16)10-3-5-11(6-4-10)17-7-12-13-8-14-15(12)2/h3-6,8-9,16H,7H2,1-2H3. The third-order valence-corrected chi connectivity index (χ3v) is 2.54. The van der Waals surface area contributed by atoms with Crippen LogP contribution in [-0.4, -0.2) is 19.9 Å². The molecule has 0 aliphatic heterocycles. The number of aromatic nitrogens is 3. The number of aliphatic hydroxyl groups is 1. The number of benzene rings is 1. The van der Waals surface area contributed by atoms with Gasteiger partial charge in [-0.2, -0.15) is 5.10 Å². The minimum atomic E-state index is -0.456. The molecule has 1 aromatic heterocycles. The summed E-state index contributed by atoms with van der Waals surface area (Å²) >= 11 is 0. The predicted octanol–water partition coefficient (Wildman–Crippen LogP) is 1.45. The van der Waals surface area contributed by atoms with E-state index in [4.69, 9.17) is 4.74 Å². The SMILES string of the molecule is CC(O)c1ccc(OCc2ncnn2C)cc1. The lowest BCUT2D eigenvalue weighted by atomic mass is 10.1. The van der Waals surface area contributed by atoms with Crippen LogP contribution in [0.15, 0.2) is 30.6 Å². The molecule has 2 aromatic rings. The van der Waals surface area contributed by atoms with Crippen LogP contribution in [0.3, 0.4) is 0 Å². The quantitative estimate of drug-likeness (QED) is 0.868. The van der Waals surface area contributed by atoms with Gasteiger partial charge in [-0.15, -0.1) is 0 Å². The number of aliphatic hydroxyl groups excluding tert-OH is 1. The summed E-state index contributed by atoms with van der Waals surface area (Å²) in [6.45, 7) is 2.11. The third-order valence-electron chi connectivity index (χ3n) is 2.54. The Kier molecular flexibility index (Phi) is 3.39. The molecule has 0 saturated heterocycles. The normalized spacial score (nSPS) is 12.4. The fraction of sp³-hybridized carbons (Fsp3) is 0.333. The Balaban J connectivity index is 1.98. The van der Waals surface area contributed by atoms with Crippen LogP contribution in [0.2, 0.25) is 0 Å². The number of nitrogens with zero attached hydrogens (tertiary/aromatic N) is 3. The third kappa shape index (κ3) is 2.82. The first-order valence-corrected chi connectivity index (χ1v) is 5.40. The van der Waals surface area contributed by atoms with Crippen LogP contribution in [0.5, 0.6) is 5.75 Å². The Bertz CT molecular complexity index is 477. The van der Waals surface area contributed by atoms with E-state index >= 15 is 0 Å². The molecule has 0 saturated carbocycles. The molecule has 5 heteroatoms. The molecule has 0 aliphatic carbocycles. The fourth-order valence-electron chi connectivity index (χ4n) is 1.44. The van der Waals surface area contributed by atoms with Gasteiger partial charge in [0.25, 0.3) is 0 Å². The van der Waals surface area contributed by atoms with E-state index in [1.807, 2.05) is 31.3 Å². The van der Waals surface area contributed by atoms with Crippen LogP contribution >= 0.6 is 0 Å². The molecule has 1 atom stereocenters. The van der Waals surface area contributed by atoms with Crippen LogP contribution in [0.25, 0.3) is 0 Å². The second-order valence-electron chi connectivity index (χ2n) is 3.83. The maximum atomic E-state index is 9.37. The first-order valence-electron chi connectivity index (χ1n) is 5.40. The average Bonchev–Trinajstić information content (AvgIpc) is 2.73. The van der Waals surface area contributed by atoms with E-state index in [0.717, 1.165) is 17.1 Å². The van der Waals surface area contributed by atoms with Crippen molar-refractivity contribution < 1.29 is 9.84 Å². The topological polar surface area (TPSA) is 60.2 Å². The maximum absolute atomic E-state index is 9.37. The van der Waals surface area contributed by atoms with Crippen LogP contribution in [-0.2, 0) is 13.7 Å². The molecular weight excluding hydrogens is 218 g/mol. The lowest BCUT2D eigenvalue weighted by molar-refractivity contribution is 0.199. The van der Waals surface area contributed by atoms with E-state index in [1.54, 1.807) is 11.6 Å². The summed E-state index contributed by atoms with van der Waals surface area (Å²) in [5, 5.41) is 13.3. The van der Waals surface area contributed by atoms with E-state index in [0.29, 0.717) is 6.61 Å². The van der Waals surface area contributed by atoms with Crippen LogP contribution in [0.4, 0.5) is 0 Å². The zero-order valence-electron chi connectivity index (χ0n) is 9.87. The van der Waals surface area contributed by atoms with Crippen LogP contribution in [0.1, 0.15) is 24.4 Å². The Morgan fingerprint density at radius 1 is 1.35 bits per heavy atom. The van der Waals surface area contributed by atoms with Crippen molar-refractivity contribution in [2.75, 3.05) is 0 Å². The summed E-state index contributed by atoms with van der Waals surface area (Å²) in [6.07, 6.45) is 1.04. The van der Waals surface area contributed by atoms with Crippen molar-refractivity contribution >= 4 is 0 Å². The maximum Gasteiger partial charge on any atom is 0.164 e. The number of aryl methyl sites for hydroxylation is 1. The van der Waals surface area contributed by atoms with Gasteiger partial charge in [0.05, 0.1) is 6.10 Å². The Morgan fingerprint density at radius 2 is 2.06 bits per heavy atom. The van der Waals surface area contributed by atoms with Gasteiger partial charge in [-0.1, -0.05) is 12.1 Å². The van der Waals surface area contributed by atoms with Gasteiger partial charge in [-0.05, 0) is 24.6 Å². The van der Waals surface area contributed by atoms with Gasteiger partial charge in [-0.3, -0.25) is 4.68 Å². The van der Waals surface area contributed by atoms with Crippen LogP contribution in [0, 0.1) is 0 Å². The highest BCUT2D eigenvalue weighted by atomic mass is 16.5. The minimum Gasteiger partial charge on any atom is -0.486 e. The molecule has 0 radical (unpaired) electrons. The van der Waals surface area contributed by atoms with Gasteiger partial charge >= 0.3 is 0 Å². The summed E-state index contributed by atoms with van der Waals surface area (Å²) in [6, 6.07) is 7.35. The molecule has 1 unspecified atom stereocenters. The molecule has 0 spiro atoms. The van der Waals surface area contributed by atoms with Gasteiger partial charge in [0.2, 0.25) is 0 Å². The first-order chi connectivity index (χ1) is 8.16. The molecule has 2 rings (SSSR count). The lowest BCUT2D eigenvalue weighted by Gasteiger charge is -2.08. The van der Waals surface area contributed by atoms with E-state index in [1.165, 1.54) is 6.33 Å². The zero-order chi connectivity index (χ0) is 12.3. The summed E-state index contributed by atoms with van der Waals surface area (Å²) < 4.78 is 7.23. The Labute approximate surface area is 99.7 Å². The highest BCUT2D eigenvalue weighted by molar-refractivity contribution is 5.28. The molecule has 1 N–H and O–H groups in total. The Morgan fingerprint density at radius 3 is 2.59 bits per heavy atom.